The van der Waals surface area contributed by atoms with Gasteiger partial charge in [0.25, 0.3) is 0 Å². The van der Waals surface area contributed by atoms with Crippen molar-refractivity contribution in [1.29, 1.82) is 0 Å². The van der Waals surface area contributed by atoms with Crippen molar-refractivity contribution in [2.75, 3.05) is 0 Å². The Morgan fingerprint density at radius 1 is 1.19 bits per heavy atom. The van der Waals surface area contributed by atoms with E-state index in [2.05, 4.69) is 21.4 Å². The lowest BCUT2D eigenvalue weighted by Crippen LogP contribution is -2.08. The van der Waals surface area contributed by atoms with Crippen LogP contribution in [0.15, 0.2) is 22.8 Å². The standard InChI is InChI=1S/C12H14N2S2/c1-2-4-9(5-3-1)16-12-11-10(6-7-15-11)13-8-14-12/h6-9H,1-5H2. The highest BCUT2D eigenvalue weighted by atomic mass is 32.2. The molecule has 0 bridgehead atoms. The molecule has 0 aliphatic heterocycles. The summed E-state index contributed by atoms with van der Waals surface area (Å²) < 4.78 is 1.26. The topological polar surface area (TPSA) is 25.8 Å². The third-order valence-electron chi connectivity index (χ3n) is 3.04. The fraction of sp³-hybridized carbons (Fsp3) is 0.500. The van der Waals surface area contributed by atoms with E-state index in [1.807, 2.05) is 11.8 Å². The first kappa shape index (κ1) is 10.5. The van der Waals surface area contributed by atoms with Crippen molar-refractivity contribution in [3.05, 3.63) is 17.8 Å². The van der Waals surface area contributed by atoms with E-state index in [0.717, 1.165) is 10.8 Å². The zero-order valence-electron chi connectivity index (χ0n) is 9.06. The average molecular weight is 250 g/mol. The van der Waals surface area contributed by atoms with Crippen molar-refractivity contribution in [1.82, 2.24) is 9.97 Å². The van der Waals surface area contributed by atoms with Gasteiger partial charge in [0.05, 0.1) is 10.2 Å². The van der Waals surface area contributed by atoms with Crippen LogP contribution in [0, 0.1) is 0 Å². The van der Waals surface area contributed by atoms with Gasteiger partial charge in [0.1, 0.15) is 11.4 Å². The Bertz CT molecular complexity index is 475. The van der Waals surface area contributed by atoms with Gasteiger partial charge in [0.2, 0.25) is 0 Å². The molecular weight excluding hydrogens is 236 g/mol. The van der Waals surface area contributed by atoms with Gasteiger partial charge in [-0.3, -0.25) is 0 Å². The van der Waals surface area contributed by atoms with E-state index < -0.39 is 0 Å². The first-order valence-electron chi connectivity index (χ1n) is 5.78. The van der Waals surface area contributed by atoms with Gasteiger partial charge in [-0.2, -0.15) is 0 Å². The molecule has 0 spiro atoms. The minimum Gasteiger partial charge on any atom is -0.235 e. The second kappa shape index (κ2) is 4.72. The van der Waals surface area contributed by atoms with Crippen LogP contribution in [0.4, 0.5) is 0 Å². The SMILES string of the molecule is c1nc(SC2CCCCC2)c2sccc2n1. The smallest absolute Gasteiger partial charge is 0.118 e. The summed E-state index contributed by atoms with van der Waals surface area (Å²) in [6.07, 6.45) is 8.57. The highest BCUT2D eigenvalue weighted by Crippen LogP contribution is 2.36. The normalized spacial score (nSPS) is 18.0. The summed E-state index contributed by atoms with van der Waals surface area (Å²) in [5.41, 5.74) is 1.10. The molecule has 2 aromatic rings. The van der Waals surface area contributed by atoms with Crippen LogP contribution in [0.5, 0.6) is 0 Å². The molecule has 2 nitrogen and oxygen atoms in total. The van der Waals surface area contributed by atoms with Crippen molar-refractivity contribution >= 4 is 33.3 Å². The van der Waals surface area contributed by atoms with Gasteiger partial charge in [0, 0.05) is 5.25 Å². The zero-order chi connectivity index (χ0) is 10.8. The first-order chi connectivity index (χ1) is 7.93. The maximum absolute atomic E-state index is 4.44. The molecule has 1 aliphatic rings. The van der Waals surface area contributed by atoms with Gasteiger partial charge in [-0.15, -0.1) is 23.1 Å². The Morgan fingerprint density at radius 3 is 2.94 bits per heavy atom. The average Bonchev–Trinajstić information content (AvgIpc) is 2.80. The van der Waals surface area contributed by atoms with E-state index in [0.29, 0.717) is 0 Å². The number of hydrogen-bond donors (Lipinski definition) is 0. The molecule has 0 N–H and O–H groups in total. The summed E-state index contributed by atoms with van der Waals surface area (Å²) in [6.45, 7) is 0. The Labute approximate surface area is 103 Å². The largest absolute Gasteiger partial charge is 0.235 e. The molecule has 2 heterocycles. The molecule has 3 rings (SSSR count). The van der Waals surface area contributed by atoms with E-state index in [1.54, 1.807) is 17.7 Å². The van der Waals surface area contributed by atoms with E-state index in [1.165, 1.54) is 41.8 Å². The summed E-state index contributed by atoms with van der Waals surface area (Å²) in [5, 5.41) is 4.06. The molecule has 84 valence electrons. The van der Waals surface area contributed by atoms with Crippen LogP contribution in [0.1, 0.15) is 32.1 Å². The number of rotatable bonds is 2. The van der Waals surface area contributed by atoms with Crippen LogP contribution in [-0.4, -0.2) is 15.2 Å². The molecular formula is C12H14N2S2. The van der Waals surface area contributed by atoms with Gasteiger partial charge >= 0.3 is 0 Å². The molecule has 0 amide bonds. The minimum atomic E-state index is 0.772. The van der Waals surface area contributed by atoms with Crippen LogP contribution in [0.25, 0.3) is 10.2 Å². The number of aromatic nitrogens is 2. The molecule has 0 aromatic carbocycles. The van der Waals surface area contributed by atoms with Gasteiger partial charge in [-0.25, -0.2) is 9.97 Å². The van der Waals surface area contributed by atoms with Crippen LogP contribution >= 0.6 is 23.1 Å². The maximum Gasteiger partial charge on any atom is 0.118 e. The van der Waals surface area contributed by atoms with E-state index in [-0.39, 0.29) is 0 Å². The Balaban J connectivity index is 1.85. The van der Waals surface area contributed by atoms with E-state index in [9.17, 15) is 0 Å². The van der Waals surface area contributed by atoms with Crippen LogP contribution in [-0.2, 0) is 0 Å². The van der Waals surface area contributed by atoms with E-state index in [4.69, 9.17) is 0 Å². The lowest BCUT2D eigenvalue weighted by Gasteiger charge is -2.20. The number of nitrogens with zero attached hydrogens (tertiary/aromatic N) is 2. The lowest BCUT2D eigenvalue weighted by molar-refractivity contribution is 0.516. The van der Waals surface area contributed by atoms with Gasteiger partial charge < -0.3 is 0 Å². The van der Waals surface area contributed by atoms with Gasteiger partial charge in [-0.05, 0) is 24.3 Å². The fourth-order valence-electron chi connectivity index (χ4n) is 2.19. The molecule has 0 atom stereocenters. The minimum absolute atomic E-state index is 0.772. The molecule has 1 aliphatic carbocycles. The summed E-state index contributed by atoms with van der Waals surface area (Å²) >= 11 is 3.71. The summed E-state index contributed by atoms with van der Waals surface area (Å²) in [7, 11) is 0. The molecule has 0 saturated heterocycles. The molecule has 1 saturated carbocycles. The van der Waals surface area contributed by atoms with Gasteiger partial charge in [-0.1, -0.05) is 19.3 Å². The van der Waals surface area contributed by atoms with Crippen molar-refractivity contribution in [2.24, 2.45) is 0 Å². The summed E-state index contributed by atoms with van der Waals surface area (Å²) in [6, 6.07) is 2.08. The predicted molar refractivity (Wildman–Crippen MR) is 70.1 cm³/mol. The molecule has 0 unspecified atom stereocenters. The van der Waals surface area contributed by atoms with Gasteiger partial charge in [0.15, 0.2) is 0 Å². The molecule has 0 radical (unpaired) electrons. The molecule has 4 heteroatoms. The highest BCUT2D eigenvalue weighted by molar-refractivity contribution is 8.00. The molecule has 1 fully saturated rings. The van der Waals surface area contributed by atoms with E-state index >= 15 is 0 Å². The van der Waals surface area contributed by atoms with Crippen molar-refractivity contribution in [3.8, 4) is 0 Å². The highest BCUT2D eigenvalue weighted by Gasteiger charge is 2.17. The first-order valence-corrected chi connectivity index (χ1v) is 7.54. The summed E-state index contributed by atoms with van der Waals surface area (Å²) in [5.74, 6) is 0. The third-order valence-corrected chi connectivity index (χ3v) is 5.42. The lowest BCUT2D eigenvalue weighted by atomic mass is 10.0. The number of fused-ring (bicyclic) bond motifs is 1. The fourth-order valence-corrected chi connectivity index (χ4v) is 4.41. The Kier molecular flexibility index (Phi) is 3.11. The Hall–Kier alpha value is -0.610. The monoisotopic (exact) mass is 250 g/mol. The second-order valence-electron chi connectivity index (χ2n) is 4.19. The van der Waals surface area contributed by atoms with Crippen LogP contribution in [0.2, 0.25) is 0 Å². The maximum atomic E-state index is 4.44. The third kappa shape index (κ3) is 2.09. The number of thiophene rings is 1. The Morgan fingerprint density at radius 2 is 2.06 bits per heavy atom. The van der Waals surface area contributed by atoms with Crippen molar-refractivity contribution in [2.45, 2.75) is 42.4 Å². The van der Waals surface area contributed by atoms with Crippen LogP contribution in [0.3, 0.4) is 0 Å². The van der Waals surface area contributed by atoms with Crippen molar-refractivity contribution < 1.29 is 0 Å². The second-order valence-corrected chi connectivity index (χ2v) is 6.40. The van der Waals surface area contributed by atoms with Crippen molar-refractivity contribution in [3.63, 3.8) is 0 Å². The molecule has 16 heavy (non-hydrogen) atoms. The predicted octanol–water partition coefficient (Wildman–Crippen LogP) is 4.12. The summed E-state index contributed by atoms with van der Waals surface area (Å²) in [4.78, 5) is 8.72. The molecule has 2 aromatic heterocycles. The quantitative estimate of drug-likeness (QED) is 0.750. The zero-order valence-corrected chi connectivity index (χ0v) is 10.7. The number of thioether (sulfide) groups is 1. The number of hydrogen-bond acceptors (Lipinski definition) is 4. The van der Waals surface area contributed by atoms with Crippen LogP contribution < -0.4 is 0 Å².